The maximum Gasteiger partial charge on any atom is 0.301 e. The van der Waals surface area contributed by atoms with Gasteiger partial charge in [0, 0.05) is 11.6 Å². The number of benzene rings is 3. The van der Waals surface area contributed by atoms with E-state index in [0.717, 1.165) is 58.1 Å². The topological polar surface area (TPSA) is 79.7 Å². The van der Waals surface area contributed by atoms with Crippen LogP contribution in [-0.2, 0) is 16.0 Å². The molecule has 0 aliphatic carbocycles. The molecule has 6 nitrogen and oxygen atoms in total. The van der Waals surface area contributed by atoms with Gasteiger partial charge in [0.15, 0.2) is 10.9 Å². The van der Waals surface area contributed by atoms with Crippen molar-refractivity contribution >= 4 is 44.1 Å². The summed E-state index contributed by atoms with van der Waals surface area (Å²) in [6.07, 6.45) is 1.60. The molecular weight excluding hydrogens is 498 g/mol. The van der Waals surface area contributed by atoms with Crippen LogP contribution in [0, 0.1) is 18.6 Å². The first kappa shape index (κ1) is 23.3. The number of halogens is 2. The number of carbonyl (C=O) groups excluding carboxylic acids is 2. The number of amides is 1. The molecule has 2 aliphatic heterocycles. The number of ketones is 1. The number of carbonyl (C=O) groups is 2. The molecule has 1 aromatic heterocycles. The molecule has 37 heavy (non-hydrogen) atoms. The van der Waals surface area contributed by atoms with Gasteiger partial charge in [-0.1, -0.05) is 41.2 Å². The Morgan fingerprint density at radius 2 is 1.97 bits per heavy atom. The SMILES string of the molecule is Cc1cccc(C2/C(=C(\O)c3ccc4c(c3)CCCO4)C(=O)C(=O)N2c2nc3c(F)cc(F)cc3s2)c1. The van der Waals surface area contributed by atoms with Crippen LogP contribution in [0.3, 0.4) is 0 Å². The molecule has 1 atom stereocenters. The Kier molecular flexibility index (Phi) is 5.52. The number of fused-ring (bicyclic) bond motifs is 2. The lowest BCUT2D eigenvalue weighted by Gasteiger charge is -2.23. The van der Waals surface area contributed by atoms with E-state index in [1.165, 1.54) is 0 Å². The van der Waals surface area contributed by atoms with Gasteiger partial charge in [0.1, 0.15) is 22.8 Å². The minimum absolute atomic E-state index is 0.0333. The highest BCUT2D eigenvalue weighted by Crippen LogP contribution is 2.45. The molecule has 3 aromatic carbocycles. The van der Waals surface area contributed by atoms with Crippen molar-refractivity contribution in [3.05, 3.63) is 94.1 Å². The van der Waals surface area contributed by atoms with E-state index in [0.29, 0.717) is 17.7 Å². The quantitative estimate of drug-likeness (QED) is 0.210. The number of rotatable bonds is 3. The minimum atomic E-state index is -1.01. The van der Waals surface area contributed by atoms with Crippen molar-refractivity contribution in [3.8, 4) is 5.75 Å². The normalized spacial score (nSPS) is 18.8. The molecular formula is C28H20F2N2O4S. The number of nitrogens with zero attached hydrogens (tertiary/aromatic N) is 2. The van der Waals surface area contributed by atoms with Crippen molar-refractivity contribution in [2.24, 2.45) is 0 Å². The summed E-state index contributed by atoms with van der Waals surface area (Å²) in [6, 6.07) is 13.2. The van der Waals surface area contributed by atoms with Crippen LogP contribution in [0.4, 0.5) is 13.9 Å². The number of ether oxygens (including phenoxy) is 1. The lowest BCUT2D eigenvalue weighted by molar-refractivity contribution is -0.132. The van der Waals surface area contributed by atoms with Crippen molar-refractivity contribution in [1.82, 2.24) is 4.98 Å². The van der Waals surface area contributed by atoms with Gasteiger partial charge >= 0.3 is 5.91 Å². The average Bonchev–Trinajstić information content (AvgIpc) is 3.42. The molecule has 1 fully saturated rings. The number of hydrogen-bond donors (Lipinski definition) is 1. The van der Waals surface area contributed by atoms with Gasteiger partial charge in [-0.15, -0.1) is 0 Å². The molecule has 3 heterocycles. The van der Waals surface area contributed by atoms with Crippen LogP contribution in [0.1, 0.15) is 34.7 Å². The van der Waals surface area contributed by atoms with Gasteiger partial charge in [-0.3, -0.25) is 14.5 Å². The van der Waals surface area contributed by atoms with E-state index < -0.39 is 29.4 Å². The zero-order chi connectivity index (χ0) is 25.8. The molecule has 186 valence electrons. The Hall–Kier alpha value is -4.11. The molecule has 0 radical (unpaired) electrons. The lowest BCUT2D eigenvalue weighted by atomic mass is 9.93. The van der Waals surface area contributed by atoms with Crippen LogP contribution >= 0.6 is 11.3 Å². The largest absolute Gasteiger partial charge is 0.507 e. The Morgan fingerprint density at radius 1 is 1.14 bits per heavy atom. The average molecular weight is 519 g/mol. The van der Waals surface area contributed by atoms with Gasteiger partial charge in [-0.25, -0.2) is 13.8 Å². The fourth-order valence-corrected chi connectivity index (χ4v) is 5.93. The second-order valence-corrected chi connectivity index (χ2v) is 10.1. The Balaban J connectivity index is 1.55. The number of aryl methyl sites for hydroxylation is 2. The van der Waals surface area contributed by atoms with Crippen LogP contribution in [0.15, 0.2) is 60.2 Å². The third-order valence-electron chi connectivity index (χ3n) is 6.59. The summed E-state index contributed by atoms with van der Waals surface area (Å²) in [5, 5.41) is 11.4. The smallest absolute Gasteiger partial charge is 0.301 e. The number of aliphatic hydroxyl groups excluding tert-OH is 1. The van der Waals surface area contributed by atoms with Gasteiger partial charge in [-0.2, -0.15) is 0 Å². The highest BCUT2D eigenvalue weighted by molar-refractivity contribution is 7.22. The fourth-order valence-electron chi connectivity index (χ4n) is 4.90. The summed E-state index contributed by atoms with van der Waals surface area (Å²) in [5.74, 6) is -3.02. The first-order valence-corrected chi connectivity index (χ1v) is 12.5. The third kappa shape index (κ3) is 3.86. The van der Waals surface area contributed by atoms with Crippen LogP contribution in [-0.4, -0.2) is 28.4 Å². The summed E-state index contributed by atoms with van der Waals surface area (Å²) >= 11 is 0.900. The first-order valence-electron chi connectivity index (χ1n) is 11.7. The second-order valence-electron chi connectivity index (χ2n) is 9.09. The Labute approximate surface area is 214 Å². The molecule has 1 amide bonds. The van der Waals surface area contributed by atoms with Gasteiger partial charge in [0.05, 0.1) is 22.9 Å². The molecule has 1 N–H and O–H groups in total. The predicted molar refractivity (Wildman–Crippen MR) is 136 cm³/mol. The summed E-state index contributed by atoms with van der Waals surface area (Å²) in [6.45, 7) is 2.48. The Bertz CT molecular complexity index is 1640. The number of thiazole rings is 1. The number of aromatic nitrogens is 1. The number of Topliss-reactive ketones (excluding diaryl/α,β-unsaturated/α-hetero) is 1. The summed E-state index contributed by atoms with van der Waals surface area (Å²) in [7, 11) is 0. The molecule has 0 saturated carbocycles. The third-order valence-corrected chi connectivity index (χ3v) is 7.59. The molecule has 9 heteroatoms. The van der Waals surface area contributed by atoms with Gasteiger partial charge in [-0.05, 0) is 55.2 Å². The van der Waals surface area contributed by atoms with Gasteiger partial charge in [0.25, 0.3) is 5.78 Å². The van der Waals surface area contributed by atoms with E-state index in [2.05, 4.69) is 4.98 Å². The second kappa shape index (κ2) is 8.77. The number of anilines is 1. The number of hydrogen-bond acceptors (Lipinski definition) is 6. The fraction of sp³-hybridized carbons (Fsp3) is 0.179. The minimum Gasteiger partial charge on any atom is -0.507 e. The van der Waals surface area contributed by atoms with Crippen LogP contribution in [0.2, 0.25) is 0 Å². The summed E-state index contributed by atoms with van der Waals surface area (Å²) in [5.41, 5.74) is 2.55. The van der Waals surface area contributed by atoms with Crippen molar-refractivity contribution in [2.45, 2.75) is 25.8 Å². The Morgan fingerprint density at radius 3 is 2.78 bits per heavy atom. The van der Waals surface area contributed by atoms with E-state index in [1.807, 2.05) is 19.1 Å². The molecule has 1 saturated heterocycles. The van der Waals surface area contributed by atoms with E-state index in [9.17, 15) is 23.5 Å². The highest BCUT2D eigenvalue weighted by atomic mass is 32.1. The van der Waals surface area contributed by atoms with Gasteiger partial charge in [0.2, 0.25) is 0 Å². The molecule has 1 unspecified atom stereocenters. The predicted octanol–water partition coefficient (Wildman–Crippen LogP) is 5.83. The van der Waals surface area contributed by atoms with Crippen molar-refractivity contribution in [2.75, 3.05) is 11.5 Å². The van der Waals surface area contributed by atoms with Crippen LogP contribution < -0.4 is 9.64 Å². The maximum absolute atomic E-state index is 14.4. The molecule has 6 rings (SSSR count). The summed E-state index contributed by atoms with van der Waals surface area (Å²) < 4.78 is 34.1. The summed E-state index contributed by atoms with van der Waals surface area (Å²) in [4.78, 5) is 32.2. The maximum atomic E-state index is 14.4. The van der Waals surface area contributed by atoms with E-state index >= 15 is 0 Å². The van der Waals surface area contributed by atoms with E-state index in [1.54, 1.807) is 30.3 Å². The van der Waals surface area contributed by atoms with Crippen molar-refractivity contribution in [3.63, 3.8) is 0 Å². The zero-order valence-electron chi connectivity index (χ0n) is 19.6. The lowest BCUT2D eigenvalue weighted by Crippen LogP contribution is -2.29. The van der Waals surface area contributed by atoms with E-state index in [4.69, 9.17) is 4.74 Å². The monoisotopic (exact) mass is 518 g/mol. The van der Waals surface area contributed by atoms with Gasteiger partial charge < -0.3 is 9.84 Å². The van der Waals surface area contributed by atoms with Crippen molar-refractivity contribution in [1.29, 1.82) is 0 Å². The molecule has 0 bridgehead atoms. The van der Waals surface area contributed by atoms with Crippen molar-refractivity contribution < 1.29 is 28.2 Å². The highest BCUT2D eigenvalue weighted by Gasteiger charge is 2.48. The number of aliphatic hydroxyl groups is 1. The first-order chi connectivity index (χ1) is 17.8. The van der Waals surface area contributed by atoms with Crippen LogP contribution in [0.5, 0.6) is 5.75 Å². The molecule has 0 spiro atoms. The molecule has 2 aliphatic rings. The molecule has 4 aromatic rings. The van der Waals surface area contributed by atoms with E-state index in [-0.39, 0.29) is 26.7 Å². The van der Waals surface area contributed by atoms with Crippen LogP contribution in [0.25, 0.3) is 16.0 Å². The standard InChI is InChI=1S/C28H20F2N2O4S/c1-14-4-2-5-16(10-14)24-22(25(33)17-7-8-20-15(11-17)6-3-9-36-20)26(34)27(35)32(24)28-31-23-19(30)12-18(29)13-21(23)37-28/h2,4-5,7-8,10-13,24,33H,3,6,9H2,1H3/b25-22+. The zero-order valence-corrected chi connectivity index (χ0v) is 20.4.